The van der Waals surface area contributed by atoms with Crippen LogP contribution >= 0.6 is 11.6 Å². The molecule has 0 bridgehead atoms. The van der Waals surface area contributed by atoms with Gasteiger partial charge in [-0.1, -0.05) is 11.6 Å². The Labute approximate surface area is 112 Å². The summed E-state index contributed by atoms with van der Waals surface area (Å²) < 4.78 is 37.0. The summed E-state index contributed by atoms with van der Waals surface area (Å²) >= 11 is 5.66. The molecule has 0 spiro atoms. The van der Waals surface area contributed by atoms with Crippen LogP contribution in [0.1, 0.15) is 10.4 Å². The topological polar surface area (TPSA) is 66.6 Å². The highest BCUT2D eigenvalue weighted by Gasteiger charge is 2.33. The summed E-state index contributed by atoms with van der Waals surface area (Å²) in [6.45, 7) is -2.42. The zero-order valence-corrected chi connectivity index (χ0v) is 10.5. The molecule has 3 N–H and O–H groups in total. The molecule has 106 valence electrons. The van der Waals surface area contributed by atoms with Gasteiger partial charge in [-0.3, -0.25) is 4.79 Å². The van der Waals surface area contributed by atoms with Gasteiger partial charge in [0.2, 0.25) is 0 Å². The average Bonchev–Trinajstić information content (AvgIpc) is 2.29. The molecular weight excluding hydrogens is 285 g/mol. The molecule has 0 atom stereocenters. The largest absolute Gasteiger partial charge is 0.406 e. The van der Waals surface area contributed by atoms with Crippen LogP contribution in [0.25, 0.3) is 0 Å². The number of hydrogen-bond donors (Lipinski definition) is 2. The Bertz CT molecular complexity index is 466. The van der Waals surface area contributed by atoms with Crippen LogP contribution in [0.3, 0.4) is 0 Å². The van der Waals surface area contributed by atoms with Gasteiger partial charge >= 0.3 is 6.18 Å². The number of rotatable bonds is 4. The Morgan fingerprint density at radius 1 is 1.42 bits per heavy atom. The number of carbonyl (C=O) groups is 1. The third-order valence-electron chi connectivity index (χ3n) is 2.27. The fourth-order valence-electron chi connectivity index (χ4n) is 1.45. The van der Waals surface area contributed by atoms with E-state index in [1.165, 1.54) is 18.2 Å². The fraction of sp³-hybridized carbons (Fsp3) is 0.364. The van der Waals surface area contributed by atoms with Crippen LogP contribution in [0.5, 0.6) is 0 Å². The van der Waals surface area contributed by atoms with Crippen molar-refractivity contribution in [1.82, 2.24) is 4.90 Å². The number of nitrogen functional groups attached to an aromatic ring is 1. The maximum absolute atomic E-state index is 12.3. The molecule has 1 aromatic rings. The molecule has 1 amide bonds. The van der Waals surface area contributed by atoms with Crippen molar-refractivity contribution < 1.29 is 23.1 Å². The summed E-state index contributed by atoms with van der Waals surface area (Å²) in [6.07, 6.45) is -4.54. The first-order valence-electron chi connectivity index (χ1n) is 5.26. The van der Waals surface area contributed by atoms with E-state index in [4.69, 9.17) is 22.4 Å². The fourth-order valence-corrected chi connectivity index (χ4v) is 1.57. The molecule has 1 aromatic carbocycles. The first-order valence-corrected chi connectivity index (χ1v) is 5.64. The van der Waals surface area contributed by atoms with E-state index in [1.807, 2.05) is 0 Å². The van der Waals surface area contributed by atoms with Crippen molar-refractivity contribution in [2.45, 2.75) is 6.18 Å². The Balaban J connectivity index is 2.95. The van der Waals surface area contributed by atoms with E-state index >= 15 is 0 Å². The normalized spacial score (nSPS) is 11.4. The highest BCUT2D eigenvalue weighted by Crippen LogP contribution is 2.22. The van der Waals surface area contributed by atoms with Crippen molar-refractivity contribution in [3.8, 4) is 0 Å². The van der Waals surface area contributed by atoms with E-state index in [0.29, 0.717) is 4.90 Å². The predicted molar refractivity (Wildman–Crippen MR) is 64.9 cm³/mol. The number of aliphatic hydroxyl groups is 1. The molecule has 0 heterocycles. The maximum atomic E-state index is 12.3. The smallest absolute Gasteiger partial charge is 0.398 e. The van der Waals surface area contributed by atoms with Crippen LogP contribution in [0.4, 0.5) is 18.9 Å². The third-order valence-corrected chi connectivity index (χ3v) is 2.61. The minimum atomic E-state index is -4.54. The number of alkyl halides is 3. The summed E-state index contributed by atoms with van der Waals surface area (Å²) in [5.41, 5.74) is 5.57. The Hall–Kier alpha value is -1.47. The molecule has 19 heavy (non-hydrogen) atoms. The van der Waals surface area contributed by atoms with Crippen molar-refractivity contribution in [3.63, 3.8) is 0 Å². The van der Waals surface area contributed by atoms with Crippen LogP contribution in [-0.4, -0.2) is 41.8 Å². The second-order valence-electron chi connectivity index (χ2n) is 3.80. The summed E-state index contributed by atoms with van der Waals surface area (Å²) in [6, 6.07) is 3.81. The second-order valence-corrected chi connectivity index (χ2v) is 4.21. The van der Waals surface area contributed by atoms with Crippen LogP contribution in [0.15, 0.2) is 18.2 Å². The van der Waals surface area contributed by atoms with Gasteiger partial charge in [-0.15, -0.1) is 0 Å². The lowest BCUT2D eigenvalue weighted by Crippen LogP contribution is -2.40. The first-order chi connectivity index (χ1) is 8.74. The molecule has 0 unspecified atom stereocenters. The van der Waals surface area contributed by atoms with Crippen LogP contribution < -0.4 is 5.73 Å². The van der Waals surface area contributed by atoms with Gasteiger partial charge in [0.05, 0.1) is 17.3 Å². The minimum absolute atomic E-state index is 0.0143. The summed E-state index contributed by atoms with van der Waals surface area (Å²) in [4.78, 5) is 12.4. The molecule has 0 aliphatic rings. The van der Waals surface area contributed by atoms with Crippen molar-refractivity contribution >= 4 is 23.2 Å². The van der Waals surface area contributed by atoms with E-state index < -0.39 is 31.8 Å². The van der Waals surface area contributed by atoms with Gasteiger partial charge < -0.3 is 15.7 Å². The van der Waals surface area contributed by atoms with Gasteiger partial charge in [-0.25, -0.2) is 0 Å². The molecule has 8 heteroatoms. The van der Waals surface area contributed by atoms with Crippen LogP contribution in [-0.2, 0) is 0 Å². The number of nitrogens with two attached hydrogens (primary N) is 1. The Kier molecular flexibility index (Phi) is 5.02. The minimum Gasteiger partial charge on any atom is -0.398 e. The molecule has 4 nitrogen and oxygen atoms in total. The molecule has 0 saturated heterocycles. The molecule has 1 rings (SSSR count). The summed E-state index contributed by atoms with van der Waals surface area (Å²) in [5.74, 6) is -0.866. The number of nitrogens with zero attached hydrogens (tertiary/aromatic N) is 1. The quantitative estimate of drug-likeness (QED) is 0.834. The van der Waals surface area contributed by atoms with E-state index in [2.05, 4.69) is 0 Å². The zero-order chi connectivity index (χ0) is 14.6. The number of carbonyl (C=O) groups excluding carboxylic acids is 1. The van der Waals surface area contributed by atoms with Gasteiger partial charge in [-0.2, -0.15) is 13.2 Å². The van der Waals surface area contributed by atoms with Gasteiger partial charge in [-0.05, 0) is 18.2 Å². The van der Waals surface area contributed by atoms with Crippen molar-refractivity contribution in [1.29, 1.82) is 0 Å². The van der Waals surface area contributed by atoms with Crippen molar-refractivity contribution in [2.75, 3.05) is 25.4 Å². The zero-order valence-electron chi connectivity index (χ0n) is 9.75. The standard InChI is InChI=1S/C11H12ClF3N2O2/c12-8-2-1-7(5-9(8)16)10(19)17(3-4-18)6-11(13,14)15/h1-2,5,18H,3-4,6,16H2. The van der Waals surface area contributed by atoms with E-state index in [1.54, 1.807) is 0 Å². The Morgan fingerprint density at radius 3 is 2.53 bits per heavy atom. The molecule has 0 aliphatic carbocycles. The van der Waals surface area contributed by atoms with Gasteiger partial charge in [0.25, 0.3) is 5.91 Å². The van der Waals surface area contributed by atoms with E-state index in [9.17, 15) is 18.0 Å². The molecular formula is C11H12ClF3N2O2. The molecule has 0 radical (unpaired) electrons. The number of anilines is 1. The monoisotopic (exact) mass is 296 g/mol. The van der Waals surface area contributed by atoms with Crippen LogP contribution in [0.2, 0.25) is 5.02 Å². The van der Waals surface area contributed by atoms with Gasteiger partial charge in [0.15, 0.2) is 0 Å². The van der Waals surface area contributed by atoms with E-state index in [-0.39, 0.29) is 16.3 Å². The predicted octanol–water partition coefficient (Wildman–Crippen LogP) is 1.92. The van der Waals surface area contributed by atoms with Crippen molar-refractivity contribution in [2.24, 2.45) is 0 Å². The molecule has 0 aromatic heterocycles. The number of aliphatic hydroxyl groups excluding tert-OH is 1. The number of benzene rings is 1. The van der Waals surface area contributed by atoms with Crippen molar-refractivity contribution in [3.05, 3.63) is 28.8 Å². The van der Waals surface area contributed by atoms with Gasteiger partial charge in [0, 0.05) is 12.1 Å². The number of halogens is 4. The lowest BCUT2D eigenvalue weighted by Gasteiger charge is -2.23. The lowest BCUT2D eigenvalue weighted by atomic mass is 10.1. The molecule has 0 aliphatic heterocycles. The number of amides is 1. The highest BCUT2D eigenvalue weighted by atomic mass is 35.5. The summed E-state index contributed by atoms with van der Waals surface area (Å²) in [7, 11) is 0. The SMILES string of the molecule is Nc1cc(C(=O)N(CCO)CC(F)(F)F)ccc1Cl. The average molecular weight is 297 g/mol. The maximum Gasteiger partial charge on any atom is 0.406 e. The second kappa shape index (κ2) is 6.12. The highest BCUT2D eigenvalue weighted by molar-refractivity contribution is 6.33. The van der Waals surface area contributed by atoms with Crippen LogP contribution in [0, 0.1) is 0 Å². The first kappa shape index (κ1) is 15.6. The molecule has 0 fully saturated rings. The number of hydrogen-bond acceptors (Lipinski definition) is 3. The van der Waals surface area contributed by atoms with Gasteiger partial charge in [0.1, 0.15) is 6.54 Å². The van der Waals surface area contributed by atoms with E-state index in [0.717, 1.165) is 0 Å². The third kappa shape index (κ3) is 4.60. The summed E-state index contributed by atoms with van der Waals surface area (Å²) in [5, 5.41) is 8.93. The molecule has 0 saturated carbocycles. The Morgan fingerprint density at radius 2 is 2.05 bits per heavy atom. The lowest BCUT2D eigenvalue weighted by molar-refractivity contribution is -0.141.